The van der Waals surface area contributed by atoms with Crippen molar-refractivity contribution in [2.45, 2.75) is 25.3 Å². The van der Waals surface area contributed by atoms with Crippen molar-refractivity contribution in [3.05, 3.63) is 114 Å². The number of carbonyl (C=O) groups is 2. The lowest BCUT2D eigenvalue weighted by Gasteiger charge is -2.18. The van der Waals surface area contributed by atoms with Gasteiger partial charge in [-0.2, -0.15) is 0 Å². The molecule has 1 heterocycles. The number of carbonyl (C=O) groups excluding carboxylic acids is 1. The maximum absolute atomic E-state index is 12.7. The molecular weight excluding hydrogens is 440 g/mol. The zero-order chi connectivity index (χ0) is 24.4. The van der Waals surface area contributed by atoms with E-state index in [1.807, 2.05) is 90.5 Å². The van der Waals surface area contributed by atoms with Gasteiger partial charge in [0.1, 0.15) is 12.6 Å². The molecule has 0 spiro atoms. The van der Waals surface area contributed by atoms with Gasteiger partial charge in [-0.15, -0.1) is 0 Å². The Hall–Kier alpha value is -4.32. The Morgan fingerprint density at radius 1 is 0.914 bits per heavy atom. The van der Waals surface area contributed by atoms with Crippen LogP contribution in [-0.4, -0.2) is 34.4 Å². The number of rotatable bonds is 7. The predicted octanol–water partition coefficient (Wildman–Crippen LogP) is 5.32. The third-order valence-corrected chi connectivity index (χ3v) is 6.49. The van der Waals surface area contributed by atoms with Crippen molar-refractivity contribution in [1.82, 2.24) is 9.88 Å². The summed E-state index contributed by atoms with van der Waals surface area (Å²) in [5.74, 6) is -1.20. The van der Waals surface area contributed by atoms with Crippen LogP contribution in [-0.2, 0) is 16.0 Å². The molecule has 2 N–H and O–H groups in total. The molecule has 1 aromatic heterocycles. The number of carboxylic acid groups (broad SMARTS) is 1. The van der Waals surface area contributed by atoms with Crippen LogP contribution in [0, 0.1) is 6.92 Å². The summed E-state index contributed by atoms with van der Waals surface area (Å²) in [4.78, 5) is 24.6. The van der Waals surface area contributed by atoms with Gasteiger partial charge in [0.05, 0.1) is 0 Å². The number of ether oxygens (including phenoxy) is 1. The van der Waals surface area contributed by atoms with Crippen molar-refractivity contribution in [1.29, 1.82) is 0 Å². The molecule has 1 unspecified atom stereocenters. The largest absolute Gasteiger partial charge is 0.480 e. The van der Waals surface area contributed by atoms with E-state index in [9.17, 15) is 14.7 Å². The fourth-order valence-corrected chi connectivity index (χ4v) is 4.73. The van der Waals surface area contributed by atoms with Crippen LogP contribution in [0.15, 0.2) is 91.1 Å². The molecular formula is C29H26N2O4. The van der Waals surface area contributed by atoms with Crippen LogP contribution in [0.5, 0.6) is 0 Å². The zero-order valence-corrected chi connectivity index (χ0v) is 19.3. The minimum absolute atomic E-state index is 0.0878. The smallest absolute Gasteiger partial charge is 0.407 e. The van der Waals surface area contributed by atoms with Crippen LogP contribution in [0.2, 0.25) is 0 Å². The van der Waals surface area contributed by atoms with Crippen molar-refractivity contribution < 1.29 is 19.4 Å². The predicted molar refractivity (Wildman–Crippen MR) is 134 cm³/mol. The van der Waals surface area contributed by atoms with E-state index < -0.39 is 18.1 Å². The van der Waals surface area contributed by atoms with Gasteiger partial charge < -0.3 is 19.7 Å². The Bertz CT molecular complexity index is 1330. The first-order valence-corrected chi connectivity index (χ1v) is 11.6. The summed E-state index contributed by atoms with van der Waals surface area (Å²) in [6.45, 7) is 2.14. The molecule has 1 atom stereocenters. The zero-order valence-electron chi connectivity index (χ0n) is 19.3. The van der Waals surface area contributed by atoms with E-state index >= 15 is 0 Å². The number of aryl methyl sites for hydroxylation is 1. The van der Waals surface area contributed by atoms with Gasteiger partial charge in [-0.1, -0.05) is 66.2 Å². The second kappa shape index (κ2) is 9.50. The Balaban J connectivity index is 1.27. The van der Waals surface area contributed by atoms with E-state index in [4.69, 9.17) is 4.74 Å². The fourth-order valence-electron chi connectivity index (χ4n) is 4.73. The molecule has 1 amide bonds. The summed E-state index contributed by atoms with van der Waals surface area (Å²) in [7, 11) is 0. The Morgan fingerprint density at radius 2 is 1.54 bits per heavy atom. The molecule has 6 heteroatoms. The quantitative estimate of drug-likeness (QED) is 0.386. The van der Waals surface area contributed by atoms with E-state index in [1.165, 1.54) is 0 Å². The van der Waals surface area contributed by atoms with Gasteiger partial charge >= 0.3 is 12.1 Å². The van der Waals surface area contributed by atoms with Crippen molar-refractivity contribution >= 4 is 12.1 Å². The normalized spacial score (nSPS) is 13.1. The van der Waals surface area contributed by atoms with Crippen LogP contribution in [0.4, 0.5) is 4.79 Å². The van der Waals surface area contributed by atoms with Gasteiger partial charge in [-0.3, -0.25) is 0 Å². The molecule has 0 aliphatic heterocycles. The molecule has 6 nitrogen and oxygen atoms in total. The molecule has 0 radical (unpaired) electrons. The molecule has 0 bridgehead atoms. The molecule has 35 heavy (non-hydrogen) atoms. The average molecular weight is 467 g/mol. The number of nitrogens with zero attached hydrogens (tertiary/aromatic N) is 1. The van der Waals surface area contributed by atoms with Gasteiger partial charge in [-0.25, -0.2) is 9.59 Å². The number of benzene rings is 3. The highest BCUT2D eigenvalue weighted by Crippen LogP contribution is 2.44. The molecule has 1 aliphatic rings. The molecule has 0 fully saturated rings. The fraction of sp³-hybridized carbons (Fsp3) is 0.172. The number of carboxylic acids is 1. The maximum atomic E-state index is 12.7. The third kappa shape index (κ3) is 4.55. The van der Waals surface area contributed by atoms with Gasteiger partial charge in [-0.05, 0) is 53.4 Å². The Labute approximate surface area is 203 Å². The highest BCUT2D eigenvalue weighted by Gasteiger charge is 2.30. The first-order valence-electron chi connectivity index (χ1n) is 11.6. The monoisotopic (exact) mass is 466 g/mol. The Kier molecular flexibility index (Phi) is 6.10. The highest BCUT2D eigenvalue weighted by atomic mass is 16.5. The van der Waals surface area contributed by atoms with E-state index in [0.29, 0.717) is 0 Å². The van der Waals surface area contributed by atoms with E-state index in [1.54, 1.807) is 0 Å². The lowest BCUT2D eigenvalue weighted by Crippen LogP contribution is -2.43. The number of nitrogens with one attached hydrogen (secondary N) is 1. The molecule has 0 saturated carbocycles. The highest BCUT2D eigenvalue weighted by molar-refractivity contribution is 5.81. The first-order chi connectivity index (χ1) is 17.0. The number of fused-ring (bicyclic) bond motifs is 3. The summed E-state index contributed by atoms with van der Waals surface area (Å²) in [6.07, 6.45) is 1.26. The third-order valence-electron chi connectivity index (χ3n) is 6.49. The van der Waals surface area contributed by atoms with E-state index in [-0.39, 0.29) is 18.9 Å². The molecule has 3 aromatic carbocycles. The van der Waals surface area contributed by atoms with E-state index in [0.717, 1.165) is 39.2 Å². The molecule has 0 saturated heterocycles. The van der Waals surface area contributed by atoms with Gasteiger partial charge in [0.25, 0.3) is 0 Å². The van der Waals surface area contributed by atoms with Gasteiger partial charge in [0, 0.05) is 29.9 Å². The summed E-state index contributed by atoms with van der Waals surface area (Å²) in [6, 6.07) is 26.7. The maximum Gasteiger partial charge on any atom is 0.407 e. The minimum atomic E-state index is -1.12. The van der Waals surface area contributed by atoms with Crippen LogP contribution in [0.25, 0.3) is 16.8 Å². The first kappa shape index (κ1) is 22.5. The van der Waals surface area contributed by atoms with Crippen LogP contribution < -0.4 is 5.32 Å². The SMILES string of the molecule is Cc1ccc(-n2cccc2CC(NC(=O)OCC2c3ccccc3-c3ccccc32)C(=O)O)cc1. The van der Waals surface area contributed by atoms with Crippen molar-refractivity contribution in [2.24, 2.45) is 0 Å². The summed E-state index contributed by atoms with van der Waals surface area (Å²) in [5, 5.41) is 12.3. The molecule has 5 rings (SSSR count). The van der Waals surface area contributed by atoms with Gasteiger partial charge in [0.2, 0.25) is 0 Å². The average Bonchev–Trinajstić information content (AvgIpc) is 3.45. The van der Waals surface area contributed by atoms with Crippen molar-refractivity contribution in [3.63, 3.8) is 0 Å². The number of amides is 1. The topological polar surface area (TPSA) is 80.6 Å². The molecule has 1 aliphatic carbocycles. The lowest BCUT2D eigenvalue weighted by atomic mass is 9.98. The number of hydrogen-bond donors (Lipinski definition) is 2. The van der Waals surface area contributed by atoms with E-state index in [2.05, 4.69) is 17.4 Å². The van der Waals surface area contributed by atoms with Crippen molar-refractivity contribution in [2.75, 3.05) is 6.61 Å². The summed E-state index contributed by atoms with van der Waals surface area (Å²) in [5.41, 5.74) is 7.33. The number of aromatic nitrogens is 1. The van der Waals surface area contributed by atoms with Crippen LogP contribution >= 0.6 is 0 Å². The second-order valence-electron chi connectivity index (χ2n) is 8.77. The molecule has 4 aromatic rings. The minimum Gasteiger partial charge on any atom is -0.480 e. The number of hydrogen-bond acceptors (Lipinski definition) is 3. The Morgan fingerprint density at radius 3 is 2.17 bits per heavy atom. The molecule has 176 valence electrons. The van der Waals surface area contributed by atoms with Crippen LogP contribution in [0.3, 0.4) is 0 Å². The second-order valence-corrected chi connectivity index (χ2v) is 8.77. The summed E-state index contributed by atoms with van der Waals surface area (Å²) < 4.78 is 7.47. The number of alkyl carbamates (subject to hydrolysis) is 1. The lowest BCUT2D eigenvalue weighted by molar-refractivity contribution is -0.139. The standard InChI is InChI=1S/C29H26N2O4/c1-19-12-14-20(15-13-19)31-16-6-7-21(31)17-27(28(32)33)30-29(34)35-18-26-24-10-4-2-8-22(24)23-9-3-5-11-25(23)26/h2-16,26-27H,17-18H2,1H3,(H,30,34)(H,32,33). The number of aliphatic carboxylic acids is 1. The van der Waals surface area contributed by atoms with Gasteiger partial charge in [0.15, 0.2) is 0 Å². The van der Waals surface area contributed by atoms with Crippen LogP contribution in [0.1, 0.15) is 28.3 Å². The summed E-state index contributed by atoms with van der Waals surface area (Å²) >= 11 is 0. The van der Waals surface area contributed by atoms with Crippen molar-refractivity contribution in [3.8, 4) is 16.8 Å².